The Labute approximate surface area is 79.7 Å². The fourth-order valence-corrected chi connectivity index (χ4v) is 0.772. The fourth-order valence-electron chi connectivity index (χ4n) is 0.508. The molecule has 0 radical (unpaired) electrons. The van der Waals surface area contributed by atoms with Crippen LogP contribution in [0, 0.1) is 0 Å². The Bertz CT molecular complexity index is 217. The van der Waals surface area contributed by atoms with E-state index in [0.717, 1.165) is 0 Å². The molecule has 4 heteroatoms. The molecule has 0 atom stereocenters. The van der Waals surface area contributed by atoms with Crippen molar-refractivity contribution in [2.24, 2.45) is 0 Å². The van der Waals surface area contributed by atoms with Crippen LogP contribution in [0.1, 0.15) is 0 Å². The minimum absolute atomic E-state index is 0.0509. The SMILES string of the molecule is COC.Oc1cccc(O)c1Br. The summed E-state index contributed by atoms with van der Waals surface area (Å²) in [7, 11) is 3.25. The van der Waals surface area contributed by atoms with E-state index in [1.165, 1.54) is 12.1 Å². The van der Waals surface area contributed by atoms with Crippen molar-refractivity contribution < 1.29 is 14.9 Å². The number of methoxy groups -OCH3 is 1. The lowest BCUT2D eigenvalue weighted by Gasteiger charge is -1.96. The molecule has 0 aliphatic heterocycles. The molecule has 0 saturated carbocycles. The Balaban J connectivity index is 0.000000354. The summed E-state index contributed by atoms with van der Waals surface area (Å²) in [6, 6.07) is 4.54. The van der Waals surface area contributed by atoms with Gasteiger partial charge in [-0.25, -0.2) is 0 Å². The molecule has 0 heterocycles. The number of phenols is 2. The molecule has 1 aromatic carbocycles. The molecule has 0 amide bonds. The summed E-state index contributed by atoms with van der Waals surface area (Å²) in [5.41, 5.74) is 0. The summed E-state index contributed by atoms with van der Waals surface area (Å²) in [5.74, 6) is 0.102. The molecule has 0 aliphatic rings. The van der Waals surface area contributed by atoms with Crippen molar-refractivity contribution in [1.82, 2.24) is 0 Å². The van der Waals surface area contributed by atoms with Crippen LogP contribution in [-0.4, -0.2) is 24.4 Å². The maximum Gasteiger partial charge on any atom is 0.133 e. The van der Waals surface area contributed by atoms with Gasteiger partial charge in [-0.2, -0.15) is 0 Å². The normalized spacial score (nSPS) is 8.58. The van der Waals surface area contributed by atoms with Crippen LogP contribution in [0.4, 0.5) is 0 Å². The van der Waals surface area contributed by atoms with E-state index < -0.39 is 0 Å². The average molecular weight is 235 g/mol. The minimum atomic E-state index is 0.0509. The zero-order valence-electron chi connectivity index (χ0n) is 6.91. The van der Waals surface area contributed by atoms with Gasteiger partial charge in [0.1, 0.15) is 16.0 Å². The summed E-state index contributed by atoms with van der Waals surface area (Å²) in [4.78, 5) is 0. The van der Waals surface area contributed by atoms with E-state index in [2.05, 4.69) is 20.7 Å². The van der Waals surface area contributed by atoms with Gasteiger partial charge in [-0.15, -0.1) is 0 Å². The van der Waals surface area contributed by atoms with Crippen molar-refractivity contribution >= 4 is 15.9 Å². The molecule has 12 heavy (non-hydrogen) atoms. The monoisotopic (exact) mass is 234 g/mol. The van der Waals surface area contributed by atoms with Gasteiger partial charge in [0.25, 0.3) is 0 Å². The Morgan fingerprint density at radius 1 is 1.17 bits per heavy atom. The Morgan fingerprint density at radius 2 is 1.50 bits per heavy atom. The number of ether oxygens (including phenoxy) is 1. The van der Waals surface area contributed by atoms with Gasteiger partial charge < -0.3 is 14.9 Å². The highest BCUT2D eigenvalue weighted by molar-refractivity contribution is 9.10. The summed E-state index contributed by atoms with van der Waals surface area (Å²) >= 11 is 2.98. The summed E-state index contributed by atoms with van der Waals surface area (Å²) in [6.45, 7) is 0. The first-order chi connectivity index (χ1) is 5.63. The molecular formula is C8H11BrO3. The predicted molar refractivity (Wildman–Crippen MR) is 50.4 cm³/mol. The van der Waals surface area contributed by atoms with Crippen LogP contribution < -0.4 is 0 Å². The third-order valence-electron chi connectivity index (χ3n) is 0.958. The summed E-state index contributed by atoms with van der Waals surface area (Å²) < 4.78 is 4.59. The van der Waals surface area contributed by atoms with E-state index in [0.29, 0.717) is 4.47 Å². The maximum absolute atomic E-state index is 8.89. The molecule has 0 unspecified atom stereocenters. The number of hydrogen-bond donors (Lipinski definition) is 2. The topological polar surface area (TPSA) is 49.7 Å². The zero-order valence-corrected chi connectivity index (χ0v) is 8.50. The number of rotatable bonds is 0. The van der Waals surface area contributed by atoms with Gasteiger partial charge in [-0.1, -0.05) is 6.07 Å². The predicted octanol–water partition coefficient (Wildman–Crippen LogP) is 2.12. The molecule has 1 aromatic rings. The van der Waals surface area contributed by atoms with Crippen molar-refractivity contribution in [1.29, 1.82) is 0 Å². The highest BCUT2D eigenvalue weighted by Crippen LogP contribution is 2.31. The maximum atomic E-state index is 8.89. The lowest BCUT2D eigenvalue weighted by molar-refractivity contribution is 0.277. The lowest BCUT2D eigenvalue weighted by atomic mass is 10.3. The van der Waals surface area contributed by atoms with Gasteiger partial charge in [-0.3, -0.25) is 0 Å². The molecule has 0 spiro atoms. The zero-order chi connectivity index (χ0) is 9.56. The van der Waals surface area contributed by atoms with E-state index >= 15 is 0 Å². The number of halogens is 1. The molecule has 68 valence electrons. The number of benzene rings is 1. The van der Waals surface area contributed by atoms with E-state index in [9.17, 15) is 0 Å². The molecule has 0 fully saturated rings. The van der Waals surface area contributed by atoms with Crippen LogP contribution in [-0.2, 0) is 4.74 Å². The van der Waals surface area contributed by atoms with Crippen molar-refractivity contribution in [2.45, 2.75) is 0 Å². The molecule has 3 nitrogen and oxygen atoms in total. The van der Waals surface area contributed by atoms with Crippen molar-refractivity contribution in [3.63, 3.8) is 0 Å². The van der Waals surface area contributed by atoms with Crippen LogP contribution in [0.2, 0.25) is 0 Å². The average Bonchev–Trinajstić information content (AvgIpc) is 2.02. The molecule has 2 N–H and O–H groups in total. The third kappa shape index (κ3) is 3.59. The first-order valence-corrected chi connectivity index (χ1v) is 3.99. The molecule has 0 aromatic heterocycles. The fraction of sp³-hybridized carbons (Fsp3) is 0.250. The Morgan fingerprint density at radius 3 is 1.75 bits per heavy atom. The second-order valence-electron chi connectivity index (χ2n) is 2.02. The first-order valence-electron chi connectivity index (χ1n) is 3.20. The van der Waals surface area contributed by atoms with Crippen LogP contribution in [0.15, 0.2) is 22.7 Å². The highest BCUT2D eigenvalue weighted by Gasteiger charge is 1.99. The quantitative estimate of drug-likeness (QED) is 0.724. The van der Waals surface area contributed by atoms with Crippen molar-refractivity contribution in [3.8, 4) is 11.5 Å². The summed E-state index contributed by atoms with van der Waals surface area (Å²) in [6.07, 6.45) is 0. The van der Waals surface area contributed by atoms with Gasteiger partial charge in [-0.05, 0) is 28.1 Å². The molecule has 1 rings (SSSR count). The Hall–Kier alpha value is -0.740. The second-order valence-corrected chi connectivity index (χ2v) is 2.81. The molecule has 0 saturated heterocycles. The van der Waals surface area contributed by atoms with Gasteiger partial charge in [0, 0.05) is 14.2 Å². The van der Waals surface area contributed by atoms with Gasteiger partial charge in [0.15, 0.2) is 0 Å². The largest absolute Gasteiger partial charge is 0.507 e. The van der Waals surface area contributed by atoms with Crippen LogP contribution in [0.25, 0.3) is 0 Å². The van der Waals surface area contributed by atoms with Gasteiger partial charge in [0.05, 0.1) is 0 Å². The molecule has 0 aliphatic carbocycles. The van der Waals surface area contributed by atoms with Crippen LogP contribution in [0.5, 0.6) is 11.5 Å². The highest BCUT2D eigenvalue weighted by atomic mass is 79.9. The number of hydrogen-bond acceptors (Lipinski definition) is 3. The second kappa shape index (κ2) is 5.85. The first kappa shape index (κ1) is 11.3. The van der Waals surface area contributed by atoms with Crippen molar-refractivity contribution in [2.75, 3.05) is 14.2 Å². The van der Waals surface area contributed by atoms with Crippen molar-refractivity contribution in [3.05, 3.63) is 22.7 Å². The Kier molecular flexibility index (Phi) is 5.49. The summed E-state index contributed by atoms with van der Waals surface area (Å²) in [5, 5.41) is 17.8. The van der Waals surface area contributed by atoms with Crippen LogP contribution >= 0.6 is 15.9 Å². The standard InChI is InChI=1S/C6H5BrO2.C2H6O/c7-6-4(8)2-1-3-5(6)9;1-3-2/h1-3,8-9H;1-2H3. The van der Waals surface area contributed by atoms with E-state index in [-0.39, 0.29) is 11.5 Å². The van der Waals surface area contributed by atoms with Crippen LogP contribution in [0.3, 0.4) is 0 Å². The van der Waals surface area contributed by atoms with E-state index in [1.54, 1.807) is 20.3 Å². The minimum Gasteiger partial charge on any atom is -0.507 e. The smallest absolute Gasteiger partial charge is 0.133 e. The number of aromatic hydroxyl groups is 2. The van der Waals surface area contributed by atoms with E-state index in [4.69, 9.17) is 10.2 Å². The molecule has 0 bridgehead atoms. The number of phenolic OH excluding ortho intramolecular Hbond substituents is 2. The van der Waals surface area contributed by atoms with E-state index in [1.807, 2.05) is 0 Å². The van der Waals surface area contributed by atoms with Gasteiger partial charge in [0.2, 0.25) is 0 Å². The third-order valence-corrected chi connectivity index (χ3v) is 1.77. The van der Waals surface area contributed by atoms with Gasteiger partial charge >= 0.3 is 0 Å². The molecular weight excluding hydrogens is 224 g/mol. The lowest BCUT2D eigenvalue weighted by Crippen LogP contribution is -1.68.